The maximum Gasteiger partial charge on any atom is 0.147 e. The lowest BCUT2D eigenvalue weighted by molar-refractivity contribution is 1.03. The minimum absolute atomic E-state index is 0.287. The van der Waals surface area contributed by atoms with E-state index in [4.69, 9.17) is 28.9 Å². The highest BCUT2D eigenvalue weighted by atomic mass is 35.5. The van der Waals surface area contributed by atoms with Gasteiger partial charge in [-0.3, -0.25) is 0 Å². The Bertz CT molecular complexity index is 500. The fourth-order valence-corrected chi connectivity index (χ4v) is 2.50. The van der Waals surface area contributed by atoms with Gasteiger partial charge in [-0.1, -0.05) is 29.3 Å². The van der Waals surface area contributed by atoms with Gasteiger partial charge in [0.2, 0.25) is 0 Å². The van der Waals surface area contributed by atoms with Crippen LogP contribution in [0.1, 0.15) is 4.88 Å². The smallest absolute Gasteiger partial charge is 0.147 e. The summed E-state index contributed by atoms with van der Waals surface area (Å²) < 4.78 is 0. The van der Waals surface area contributed by atoms with Crippen molar-refractivity contribution in [3.05, 3.63) is 38.5 Å². The molecular formula is C11H11Cl2N3S. The second-order valence-corrected chi connectivity index (χ2v) is 5.29. The molecule has 0 aliphatic carbocycles. The molecule has 2 aromatic rings. The molecule has 0 spiro atoms. The number of hydrogen-bond donors (Lipinski definition) is 2. The summed E-state index contributed by atoms with van der Waals surface area (Å²) in [4.78, 5) is 5.41. The van der Waals surface area contributed by atoms with Crippen molar-refractivity contribution in [2.75, 3.05) is 17.6 Å². The normalized spacial score (nSPS) is 10.5. The first kappa shape index (κ1) is 12.5. The van der Waals surface area contributed by atoms with Gasteiger partial charge in [-0.25, -0.2) is 4.98 Å². The summed E-state index contributed by atoms with van der Waals surface area (Å²) in [6, 6.07) is 5.72. The third-order valence-corrected chi connectivity index (χ3v) is 3.73. The number of nitrogen functional groups attached to an aromatic ring is 1. The molecule has 3 nitrogen and oxygen atoms in total. The molecule has 0 aliphatic rings. The topological polar surface area (TPSA) is 50.9 Å². The van der Waals surface area contributed by atoms with Gasteiger partial charge in [0.1, 0.15) is 11.6 Å². The van der Waals surface area contributed by atoms with Gasteiger partial charge in [-0.2, -0.15) is 0 Å². The summed E-state index contributed by atoms with van der Waals surface area (Å²) in [7, 11) is 0. The molecule has 0 fully saturated rings. The average Bonchev–Trinajstić information content (AvgIpc) is 2.78. The van der Waals surface area contributed by atoms with Gasteiger partial charge in [0.25, 0.3) is 0 Å². The predicted octanol–water partition coefficient (Wildman–Crippen LogP) is 3.69. The predicted molar refractivity (Wildman–Crippen MR) is 75.2 cm³/mol. The van der Waals surface area contributed by atoms with E-state index in [1.165, 1.54) is 4.88 Å². The van der Waals surface area contributed by atoms with Crippen molar-refractivity contribution in [3.8, 4) is 0 Å². The molecular weight excluding hydrogens is 277 g/mol. The first-order valence-corrected chi connectivity index (χ1v) is 6.68. The van der Waals surface area contributed by atoms with E-state index in [2.05, 4.69) is 21.7 Å². The summed E-state index contributed by atoms with van der Waals surface area (Å²) in [6.07, 6.45) is 0.929. The highest BCUT2D eigenvalue weighted by molar-refractivity contribution is 7.09. The van der Waals surface area contributed by atoms with E-state index in [0.29, 0.717) is 15.9 Å². The molecule has 90 valence electrons. The zero-order chi connectivity index (χ0) is 12.3. The maximum atomic E-state index is 6.00. The van der Waals surface area contributed by atoms with Gasteiger partial charge in [0.15, 0.2) is 0 Å². The third-order valence-electron chi connectivity index (χ3n) is 2.20. The zero-order valence-electron chi connectivity index (χ0n) is 8.91. The van der Waals surface area contributed by atoms with Crippen molar-refractivity contribution < 1.29 is 0 Å². The number of nitrogens with one attached hydrogen (secondary N) is 1. The second-order valence-electron chi connectivity index (χ2n) is 3.44. The number of pyridine rings is 1. The van der Waals surface area contributed by atoms with Gasteiger partial charge in [0.05, 0.1) is 10.0 Å². The summed E-state index contributed by atoms with van der Waals surface area (Å²) in [5.41, 5.74) is 5.62. The second kappa shape index (κ2) is 5.58. The fourth-order valence-electron chi connectivity index (χ4n) is 1.36. The Morgan fingerprint density at radius 2 is 2.18 bits per heavy atom. The van der Waals surface area contributed by atoms with Gasteiger partial charge in [0, 0.05) is 11.4 Å². The van der Waals surface area contributed by atoms with Crippen LogP contribution in [-0.2, 0) is 6.42 Å². The Kier molecular flexibility index (Phi) is 4.10. The van der Waals surface area contributed by atoms with E-state index in [1.807, 2.05) is 6.07 Å². The SMILES string of the molecule is Nc1nc(NCCc2cccs2)c(Cl)cc1Cl. The van der Waals surface area contributed by atoms with E-state index in [9.17, 15) is 0 Å². The molecule has 0 atom stereocenters. The first-order chi connectivity index (χ1) is 8.16. The van der Waals surface area contributed by atoms with Crippen LogP contribution in [0.25, 0.3) is 0 Å². The number of hydrogen-bond acceptors (Lipinski definition) is 4. The van der Waals surface area contributed by atoms with Crippen LogP contribution >= 0.6 is 34.5 Å². The largest absolute Gasteiger partial charge is 0.382 e. The fraction of sp³-hybridized carbons (Fsp3) is 0.182. The summed E-state index contributed by atoms with van der Waals surface area (Å²) >= 11 is 13.5. The molecule has 0 bridgehead atoms. The number of thiophene rings is 1. The molecule has 2 heterocycles. The minimum Gasteiger partial charge on any atom is -0.382 e. The molecule has 0 aromatic carbocycles. The quantitative estimate of drug-likeness (QED) is 0.902. The van der Waals surface area contributed by atoms with E-state index in [1.54, 1.807) is 17.4 Å². The zero-order valence-corrected chi connectivity index (χ0v) is 11.2. The Morgan fingerprint density at radius 1 is 1.35 bits per heavy atom. The molecule has 3 N–H and O–H groups in total. The Morgan fingerprint density at radius 3 is 2.88 bits per heavy atom. The molecule has 6 heteroatoms. The lowest BCUT2D eigenvalue weighted by Crippen LogP contribution is -2.07. The van der Waals surface area contributed by atoms with Gasteiger partial charge in [-0.05, 0) is 23.9 Å². The lowest BCUT2D eigenvalue weighted by atomic mass is 10.3. The summed E-state index contributed by atoms with van der Waals surface area (Å²) in [6.45, 7) is 0.758. The molecule has 2 rings (SSSR count). The average molecular weight is 288 g/mol. The molecule has 0 radical (unpaired) electrons. The van der Waals surface area contributed by atoms with Crippen LogP contribution in [0, 0.1) is 0 Å². The van der Waals surface area contributed by atoms with Crippen LogP contribution in [0.3, 0.4) is 0 Å². The summed E-state index contributed by atoms with van der Waals surface area (Å²) in [5, 5.41) is 6.06. The van der Waals surface area contributed by atoms with Gasteiger partial charge in [-0.15, -0.1) is 11.3 Å². The van der Waals surface area contributed by atoms with Gasteiger partial charge < -0.3 is 11.1 Å². The van der Waals surface area contributed by atoms with Crippen LogP contribution < -0.4 is 11.1 Å². The van der Waals surface area contributed by atoms with Crippen molar-refractivity contribution >= 4 is 46.2 Å². The highest BCUT2D eigenvalue weighted by Crippen LogP contribution is 2.27. The van der Waals surface area contributed by atoms with Crippen molar-refractivity contribution in [2.45, 2.75) is 6.42 Å². The Balaban J connectivity index is 1.97. The van der Waals surface area contributed by atoms with E-state index >= 15 is 0 Å². The van der Waals surface area contributed by atoms with E-state index in [-0.39, 0.29) is 5.82 Å². The highest BCUT2D eigenvalue weighted by Gasteiger charge is 2.06. The number of nitrogens with two attached hydrogens (primary N) is 1. The third kappa shape index (κ3) is 3.25. The molecule has 0 saturated carbocycles. The van der Waals surface area contributed by atoms with Crippen LogP contribution in [-0.4, -0.2) is 11.5 Å². The number of anilines is 2. The van der Waals surface area contributed by atoms with Crippen LogP contribution in [0.15, 0.2) is 23.6 Å². The van der Waals surface area contributed by atoms with Gasteiger partial charge >= 0.3 is 0 Å². The number of aromatic nitrogens is 1. The monoisotopic (exact) mass is 287 g/mol. The molecule has 17 heavy (non-hydrogen) atoms. The molecule has 0 saturated heterocycles. The maximum absolute atomic E-state index is 6.00. The van der Waals surface area contributed by atoms with Crippen molar-refractivity contribution in [1.29, 1.82) is 0 Å². The number of nitrogens with zero attached hydrogens (tertiary/aromatic N) is 1. The van der Waals surface area contributed by atoms with E-state index in [0.717, 1.165) is 13.0 Å². The van der Waals surface area contributed by atoms with Crippen LogP contribution in [0.2, 0.25) is 10.0 Å². The number of rotatable bonds is 4. The summed E-state index contributed by atoms with van der Waals surface area (Å²) in [5.74, 6) is 0.861. The molecule has 0 aliphatic heterocycles. The van der Waals surface area contributed by atoms with Crippen molar-refractivity contribution in [2.24, 2.45) is 0 Å². The van der Waals surface area contributed by atoms with Crippen LogP contribution in [0.4, 0.5) is 11.6 Å². The number of halogens is 2. The Labute approximate surface area is 114 Å². The first-order valence-electron chi connectivity index (χ1n) is 5.04. The lowest BCUT2D eigenvalue weighted by Gasteiger charge is -2.08. The van der Waals surface area contributed by atoms with Crippen LogP contribution in [0.5, 0.6) is 0 Å². The van der Waals surface area contributed by atoms with E-state index < -0.39 is 0 Å². The molecule has 0 amide bonds. The molecule has 0 unspecified atom stereocenters. The minimum atomic E-state index is 0.287. The van der Waals surface area contributed by atoms with Crippen molar-refractivity contribution in [3.63, 3.8) is 0 Å². The standard InChI is InChI=1S/C11H11Cl2N3S/c12-8-6-9(13)11(16-10(8)14)15-4-3-7-2-1-5-17-7/h1-2,5-6H,3-4H2,(H3,14,15,16). The van der Waals surface area contributed by atoms with Crippen molar-refractivity contribution in [1.82, 2.24) is 4.98 Å². The Hall–Kier alpha value is -0.970. The molecule has 2 aromatic heterocycles.